The number of hydrogen-bond donors (Lipinski definition) is 0. The Labute approximate surface area is 181 Å². The minimum atomic E-state index is -3.63. The van der Waals surface area contributed by atoms with Crippen LogP contribution in [-0.4, -0.2) is 50.8 Å². The van der Waals surface area contributed by atoms with Gasteiger partial charge in [0.1, 0.15) is 5.92 Å². The molecule has 1 atom stereocenters. The molecule has 164 valence electrons. The van der Waals surface area contributed by atoms with E-state index < -0.39 is 33.1 Å². The molecule has 0 amide bonds. The van der Waals surface area contributed by atoms with Crippen molar-refractivity contribution >= 4 is 38.8 Å². The van der Waals surface area contributed by atoms with Gasteiger partial charge in [0.05, 0.1) is 35.0 Å². The molecule has 1 unspecified atom stereocenters. The van der Waals surface area contributed by atoms with Crippen LogP contribution < -0.4 is 0 Å². The molecule has 0 N–H and O–H groups in total. The number of rotatable bonds is 8. The number of carbonyl (C=O) groups is 3. The van der Waals surface area contributed by atoms with E-state index in [1.165, 1.54) is 19.1 Å². The maximum Gasteiger partial charge on any atom is 0.182 e. The van der Waals surface area contributed by atoms with Crippen molar-refractivity contribution in [2.45, 2.75) is 56.6 Å². The molecular formula is C21H25ClO7S. The lowest BCUT2D eigenvalue weighted by Crippen LogP contribution is -2.35. The third-order valence-electron chi connectivity index (χ3n) is 5.51. The van der Waals surface area contributed by atoms with Gasteiger partial charge in [0.15, 0.2) is 27.2 Å². The van der Waals surface area contributed by atoms with Gasteiger partial charge < -0.3 is 9.47 Å². The minimum absolute atomic E-state index is 0.0137. The number of sulfone groups is 1. The van der Waals surface area contributed by atoms with Crippen molar-refractivity contribution in [1.29, 1.82) is 0 Å². The van der Waals surface area contributed by atoms with E-state index >= 15 is 0 Å². The molecule has 7 nitrogen and oxygen atoms in total. The highest BCUT2D eigenvalue weighted by Crippen LogP contribution is 2.32. The maximum atomic E-state index is 13.0. The van der Waals surface area contributed by atoms with Gasteiger partial charge in [-0.05, 0) is 31.4 Å². The smallest absolute Gasteiger partial charge is 0.182 e. The van der Waals surface area contributed by atoms with Gasteiger partial charge >= 0.3 is 0 Å². The Hall–Kier alpha value is -1.61. The molecule has 1 saturated heterocycles. The average molecular weight is 457 g/mol. The monoisotopic (exact) mass is 456 g/mol. The summed E-state index contributed by atoms with van der Waals surface area (Å²) < 4.78 is 36.3. The molecule has 3 rings (SSSR count). The molecule has 30 heavy (non-hydrogen) atoms. The second-order valence-corrected chi connectivity index (χ2v) is 10.2. The Bertz CT molecular complexity index is 932. The molecule has 2 aliphatic rings. The molecule has 1 heterocycles. The maximum absolute atomic E-state index is 13.0. The zero-order valence-electron chi connectivity index (χ0n) is 16.8. The van der Waals surface area contributed by atoms with E-state index in [9.17, 15) is 22.8 Å². The van der Waals surface area contributed by atoms with Crippen LogP contribution in [0.3, 0.4) is 0 Å². The first kappa shape index (κ1) is 23.1. The van der Waals surface area contributed by atoms with Crippen LogP contribution >= 0.6 is 11.6 Å². The molecule has 0 radical (unpaired) electrons. The van der Waals surface area contributed by atoms with E-state index in [2.05, 4.69) is 0 Å². The van der Waals surface area contributed by atoms with Crippen LogP contribution in [0.2, 0.25) is 5.02 Å². The fourth-order valence-electron chi connectivity index (χ4n) is 3.80. The standard InChI is InChI=1S/C21H25ClO7S/c1-2-30(26,27)18-9-8-14(21(25)19-16(23)6-3-7-17(19)24)20(22)15(18)12-28-11-13-5-4-10-29-13/h8-9,13,19H,2-7,10-12H2,1H3. The van der Waals surface area contributed by atoms with Gasteiger partial charge in [0.25, 0.3) is 0 Å². The summed E-state index contributed by atoms with van der Waals surface area (Å²) in [6, 6.07) is 2.59. The third kappa shape index (κ3) is 4.82. The normalized spacial score (nSPS) is 20.7. The van der Waals surface area contributed by atoms with Crippen molar-refractivity contribution in [2.24, 2.45) is 5.92 Å². The van der Waals surface area contributed by atoms with Crippen LogP contribution in [0.5, 0.6) is 0 Å². The quantitative estimate of drug-likeness (QED) is 0.437. The van der Waals surface area contributed by atoms with Gasteiger partial charge in [0, 0.05) is 30.6 Å². The van der Waals surface area contributed by atoms with E-state index in [1.54, 1.807) is 0 Å². The summed E-state index contributed by atoms with van der Waals surface area (Å²) in [4.78, 5) is 37.3. The molecule has 0 spiro atoms. The number of ketones is 3. The van der Waals surface area contributed by atoms with Crippen molar-refractivity contribution in [2.75, 3.05) is 19.0 Å². The third-order valence-corrected chi connectivity index (χ3v) is 7.75. The van der Waals surface area contributed by atoms with Crippen molar-refractivity contribution in [3.05, 3.63) is 28.3 Å². The van der Waals surface area contributed by atoms with E-state index in [-0.39, 0.29) is 59.0 Å². The first-order valence-corrected chi connectivity index (χ1v) is 12.1. The number of ether oxygens (including phenoxy) is 2. The summed E-state index contributed by atoms with van der Waals surface area (Å²) in [5, 5.41) is -0.0898. The molecule has 0 bridgehead atoms. The summed E-state index contributed by atoms with van der Waals surface area (Å²) in [5.41, 5.74) is 0.133. The molecule has 9 heteroatoms. The van der Waals surface area contributed by atoms with Crippen LogP contribution in [0.25, 0.3) is 0 Å². The lowest BCUT2D eigenvalue weighted by molar-refractivity contribution is -0.133. The van der Waals surface area contributed by atoms with Crippen molar-refractivity contribution in [1.82, 2.24) is 0 Å². The number of halogens is 1. The number of benzene rings is 1. The molecule has 2 fully saturated rings. The van der Waals surface area contributed by atoms with Crippen LogP contribution in [0.4, 0.5) is 0 Å². The predicted octanol–water partition coefficient (Wildman–Crippen LogP) is 2.95. The fourth-order valence-corrected chi connectivity index (χ4v) is 5.29. The average Bonchev–Trinajstić information content (AvgIpc) is 3.22. The summed E-state index contributed by atoms with van der Waals surface area (Å²) in [6.45, 7) is 2.33. The summed E-state index contributed by atoms with van der Waals surface area (Å²) in [5.74, 6) is -3.04. The Morgan fingerprint density at radius 2 is 1.90 bits per heavy atom. The predicted molar refractivity (Wildman–Crippen MR) is 109 cm³/mol. The Morgan fingerprint density at radius 1 is 1.20 bits per heavy atom. The second-order valence-electron chi connectivity index (χ2n) is 7.54. The van der Waals surface area contributed by atoms with E-state index in [0.717, 1.165) is 12.8 Å². The van der Waals surface area contributed by atoms with E-state index in [1.807, 2.05) is 0 Å². The SMILES string of the molecule is CCS(=O)(=O)c1ccc(C(=O)C2C(=O)CCCC2=O)c(Cl)c1COCC1CCCO1. The molecule has 0 aromatic heterocycles. The van der Waals surface area contributed by atoms with Gasteiger partial charge in [-0.25, -0.2) is 8.42 Å². The lowest BCUT2D eigenvalue weighted by Gasteiger charge is -2.20. The van der Waals surface area contributed by atoms with Gasteiger partial charge in [-0.15, -0.1) is 0 Å². The highest BCUT2D eigenvalue weighted by molar-refractivity contribution is 7.91. The van der Waals surface area contributed by atoms with E-state index in [4.69, 9.17) is 21.1 Å². The molecule has 1 aromatic rings. The first-order chi connectivity index (χ1) is 14.3. The molecule has 1 aliphatic heterocycles. The molecule has 1 aromatic carbocycles. The molecule has 1 aliphatic carbocycles. The highest BCUT2D eigenvalue weighted by atomic mass is 35.5. The summed E-state index contributed by atoms with van der Waals surface area (Å²) in [6.07, 6.45) is 2.51. The van der Waals surface area contributed by atoms with Crippen LogP contribution in [-0.2, 0) is 35.5 Å². The van der Waals surface area contributed by atoms with Gasteiger partial charge in [0.2, 0.25) is 0 Å². The zero-order valence-corrected chi connectivity index (χ0v) is 18.4. The Morgan fingerprint density at radius 3 is 2.50 bits per heavy atom. The number of hydrogen-bond acceptors (Lipinski definition) is 7. The first-order valence-electron chi connectivity index (χ1n) is 10.1. The van der Waals surface area contributed by atoms with E-state index in [0.29, 0.717) is 13.0 Å². The van der Waals surface area contributed by atoms with Gasteiger partial charge in [-0.2, -0.15) is 0 Å². The van der Waals surface area contributed by atoms with Crippen molar-refractivity contribution in [3.8, 4) is 0 Å². The zero-order chi connectivity index (χ0) is 21.9. The largest absolute Gasteiger partial charge is 0.376 e. The van der Waals surface area contributed by atoms with Crippen LogP contribution in [0.1, 0.15) is 54.9 Å². The van der Waals surface area contributed by atoms with Crippen LogP contribution in [0.15, 0.2) is 17.0 Å². The minimum Gasteiger partial charge on any atom is -0.376 e. The van der Waals surface area contributed by atoms with Gasteiger partial charge in [-0.3, -0.25) is 14.4 Å². The van der Waals surface area contributed by atoms with Crippen molar-refractivity contribution in [3.63, 3.8) is 0 Å². The highest BCUT2D eigenvalue weighted by Gasteiger charge is 2.38. The Balaban J connectivity index is 1.93. The Kier molecular flexibility index (Phi) is 7.44. The number of carbonyl (C=O) groups excluding carboxylic acids is 3. The second kappa shape index (κ2) is 9.68. The topological polar surface area (TPSA) is 104 Å². The number of Topliss-reactive ketones (excluding diaryl/α,β-unsaturated/α-hetero) is 3. The molecule has 1 saturated carbocycles. The van der Waals surface area contributed by atoms with Crippen molar-refractivity contribution < 1.29 is 32.3 Å². The molecular weight excluding hydrogens is 432 g/mol. The fraction of sp³-hybridized carbons (Fsp3) is 0.571. The van der Waals surface area contributed by atoms with Crippen LogP contribution in [0, 0.1) is 5.92 Å². The van der Waals surface area contributed by atoms with Gasteiger partial charge in [-0.1, -0.05) is 18.5 Å². The summed E-state index contributed by atoms with van der Waals surface area (Å²) >= 11 is 6.46. The lowest BCUT2D eigenvalue weighted by atomic mass is 9.81. The summed E-state index contributed by atoms with van der Waals surface area (Å²) in [7, 11) is -3.63.